The van der Waals surface area contributed by atoms with Gasteiger partial charge >= 0.3 is 0 Å². The van der Waals surface area contributed by atoms with Gasteiger partial charge in [-0.2, -0.15) is 0 Å². The fourth-order valence-electron chi connectivity index (χ4n) is 3.12. The quantitative estimate of drug-likeness (QED) is 0.651. The van der Waals surface area contributed by atoms with Gasteiger partial charge in [-0.1, -0.05) is 0 Å². The van der Waals surface area contributed by atoms with E-state index in [-0.39, 0.29) is 17.0 Å². The molecule has 0 spiro atoms. The topological polar surface area (TPSA) is 87.1 Å². The summed E-state index contributed by atoms with van der Waals surface area (Å²) in [5.41, 5.74) is 1.87. The highest BCUT2D eigenvalue weighted by atomic mass is 16.5. The van der Waals surface area contributed by atoms with Crippen molar-refractivity contribution in [3.8, 4) is 11.8 Å². The molecule has 0 radical (unpaired) electrons. The summed E-state index contributed by atoms with van der Waals surface area (Å²) in [5, 5.41) is 0. The van der Waals surface area contributed by atoms with Crippen molar-refractivity contribution < 1.29 is 14.3 Å². The van der Waals surface area contributed by atoms with Gasteiger partial charge in [-0.25, -0.2) is 9.97 Å². The minimum Gasteiger partial charge on any atom is -0.471 e. The van der Waals surface area contributed by atoms with Crippen molar-refractivity contribution >= 4 is 17.9 Å². The number of allylic oxidation sites excluding steroid dienone is 2. The van der Waals surface area contributed by atoms with Crippen LogP contribution in [0.3, 0.4) is 0 Å². The minimum absolute atomic E-state index is 0.000800. The predicted molar refractivity (Wildman–Crippen MR) is 120 cm³/mol. The van der Waals surface area contributed by atoms with Gasteiger partial charge in [0.2, 0.25) is 11.8 Å². The highest BCUT2D eigenvalue weighted by Crippen LogP contribution is 2.28. The van der Waals surface area contributed by atoms with Gasteiger partial charge in [-0.3, -0.25) is 14.8 Å². The molecule has 0 amide bonds. The molecule has 1 aliphatic rings. The first kappa shape index (κ1) is 22.6. The number of hydrogen-bond acceptors (Lipinski definition) is 7. The Balaban J connectivity index is 1.82. The summed E-state index contributed by atoms with van der Waals surface area (Å²) in [4.78, 5) is 30.4. The van der Waals surface area contributed by atoms with Crippen LogP contribution in [0.5, 0.6) is 11.8 Å². The van der Waals surface area contributed by atoms with Gasteiger partial charge in [0.15, 0.2) is 5.78 Å². The lowest BCUT2D eigenvalue weighted by atomic mass is 9.88. The molecule has 3 rings (SSSR count). The maximum Gasteiger partial charge on any atom is 0.233 e. The Morgan fingerprint density at radius 2 is 1.16 bits per heavy atom. The molecule has 0 saturated heterocycles. The highest BCUT2D eigenvalue weighted by Gasteiger charge is 2.22. The monoisotopic (exact) mass is 422 g/mol. The normalized spacial score (nSPS) is 17.8. The second-order valence-corrected chi connectivity index (χ2v) is 9.52. The lowest BCUT2D eigenvalue weighted by Crippen LogP contribution is -2.23. The van der Waals surface area contributed by atoms with Crippen molar-refractivity contribution in [3.05, 3.63) is 47.3 Å². The van der Waals surface area contributed by atoms with Crippen molar-refractivity contribution in [1.29, 1.82) is 0 Å². The van der Waals surface area contributed by atoms with Crippen molar-refractivity contribution in [2.45, 2.75) is 72.0 Å². The molecular formula is C24H30N4O3. The number of carbonyl (C=O) groups is 1. The van der Waals surface area contributed by atoms with Crippen LogP contribution in [0.4, 0.5) is 0 Å². The van der Waals surface area contributed by atoms with E-state index in [9.17, 15) is 4.79 Å². The van der Waals surface area contributed by atoms with Crippen LogP contribution in [0.2, 0.25) is 0 Å². The van der Waals surface area contributed by atoms with E-state index in [1.165, 1.54) is 0 Å². The Labute approximate surface area is 183 Å². The summed E-state index contributed by atoms with van der Waals surface area (Å²) in [6.07, 6.45) is 12.3. The molecule has 31 heavy (non-hydrogen) atoms. The maximum absolute atomic E-state index is 13.1. The molecule has 1 fully saturated rings. The number of hydrogen-bond donors (Lipinski definition) is 0. The number of ketones is 1. The van der Waals surface area contributed by atoms with Crippen LogP contribution in [0.25, 0.3) is 12.2 Å². The van der Waals surface area contributed by atoms with E-state index in [0.29, 0.717) is 47.1 Å². The van der Waals surface area contributed by atoms with Gasteiger partial charge in [0, 0.05) is 11.1 Å². The van der Waals surface area contributed by atoms with E-state index in [4.69, 9.17) is 9.47 Å². The van der Waals surface area contributed by atoms with Crippen molar-refractivity contribution in [2.75, 3.05) is 0 Å². The molecule has 7 nitrogen and oxygen atoms in total. The van der Waals surface area contributed by atoms with Gasteiger partial charge < -0.3 is 9.47 Å². The number of Topliss-reactive ketones (excluding diaryl/α,β-unsaturated/α-hetero) is 1. The Morgan fingerprint density at radius 1 is 0.742 bits per heavy atom. The fraction of sp³-hybridized carbons (Fsp3) is 0.458. The molecule has 0 aromatic carbocycles. The molecule has 2 aromatic heterocycles. The average Bonchev–Trinajstić information content (AvgIpc) is 2.63. The largest absolute Gasteiger partial charge is 0.471 e. The van der Waals surface area contributed by atoms with Crippen LogP contribution in [0, 0.1) is 0 Å². The molecule has 7 heteroatoms. The third-order valence-electron chi connectivity index (χ3n) is 4.20. The first-order chi connectivity index (χ1) is 14.5. The molecule has 0 N–H and O–H groups in total. The second kappa shape index (κ2) is 8.96. The van der Waals surface area contributed by atoms with E-state index in [2.05, 4.69) is 19.9 Å². The predicted octanol–water partition coefficient (Wildman–Crippen LogP) is 4.84. The van der Waals surface area contributed by atoms with E-state index >= 15 is 0 Å². The lowest BCUT2D eigenvalue weighted by Gasteiger charge is -2.20. The number of aromatic nitrogens is 4. The molecule has 0 atom stereocenters. The van der Waals surface area contributed by atoms with E-state index in [1.807, 2.05) is 41.5 Å². The molecule has 0 unspecified atom stereocenters. The molecule has 0 bridgehead atoms. The zero-order chi connectivity index (χ0) is 22.6. The SMILES string of the molecule is CC(C)(C)Oc1cncc(C=C2CCCC(=Cc3cncc(OC(C)(C)C)n3)C2=O)n1. The lowest BCUT2D eigenvalue weighted by molar-refractivity contribution is -0.112. The first-order valence-electron chi connectivity index (χ1n) is 10.5. The number of nitrogens with zero attached hydrogens (tertiary/aromatic N) is 4. The number of ether oxygens (including phenoxy) is 2. The number of carbonyl (C=O) groups excluding carboxylic acids is 1. The van der Waals surface area contributed by atoms with Gasteiger partial charge in [-0.05, 0) is 73.0 Å². The summed E-state index contributed by atoms with van der Waals surface area (Å²) >= 11 is 0. The van der Waals surface area contributed by atoms with Gasteiger partial charge in [0.1, 0.15) is 11.2 Å². The summed E-state index contributed by atoms with van der Waals surface area (Å²) in [7, 11) is 0. The first-order valence-corrected chi connectivity index (χ1v) is 10.5. The minimum atomic E-state index is -0.372. The van der Waals surface area contributed by atoms with Crippen LogP contribution in [0.15, 0.2) is 35.9 Å². The fourth-order valence-corrected chi connectivity index (χ4v) is 3.12. The van der Waals surface area contributed by atoms with Crippen LogP contribution >= 0.6 is 0 Å². The van der Waals surface area contributed by atoms with Gasteiger partial charge in [-0.15, -0.1) is 0 Å². The van der Waals surface area contributed by atoms with Gasteiger partial charge in [0.25, 0.3) is 0 Å². The highest BCUT2D eigenvalue weighted by molar-refractivity contribution is 6.13. The average molecular weight is 423 g/mol. The van der Waals surface area contributed by atoms with Crippen LogP contribution in [0.1, 0.15) is 72.2 Å². The van der Waals surface area contributed by atoms with E-state index in [0.717, 1.165) is 6.42 Å². The second-order valence-electron chi connectivity index (χ2n) is 9.52. The van der Waals surface area contributed by atoms with E-state index in [1.54, 1.807) is 36.9 Å². The van der Waals surface area contributed by atoms with Crippen molar-refractivity contribution in [1.82, 2.24) is 19.9 Å². The smallest absolute Gasteiger partial charge is 0.233 e. The molecular weight excluding hydrogens is 392 g/mol. The number of rotatable bonds is 4. The molecule has 2 aromatic rings. The molecule has 164 valence electrons. The van der Waals surface area contributed by atoms with Crippen LogP contribution < -0.4 is 9.47 Å². The van der Waals surface area contributed by atoms with Crippen LogP contribution in [-0.2, 0) is 4.79 Å². The molecule has 2 heterocycles. The Bertz CT molecular complexity index is 934. The molecule has 1 saturated carbocycles. The zero-order valence-corrected chi connectivity index (χ0v) is 19.1. The standard InChI is InChI=1S/C24H30N4O3/c1-23(2,3)30-20-14-25-12-18(27-20)10-16-8-7-9-17(22(16)29)11-19-13-26-15-21(28-19)31-24(4,5)6/h10-15H,7-9H2,1-6H3. The summed E-state index contributed by atoms with van der Waals surface area (Å²) < 4.78 is 11.6. The van der Waals surface area contributed by atoms with Crippen molar-refractivity contribution in [2.24, 2.45) is 0 Å². The Hall–Kier alpha value is -3.09. The molecule has 1 aliphatic carbocycles. The summed E-state index contributed by atoms with van der Waals surface area (Å²) in [6, 6.07) is 0. The third-order valence-corrected chi connectivity index (χ3v) is 4.20. The van der Waals surface area contributed by atoms with Gasteiger partial charge in [0.05, 0.1) is 36.2 Å². The Morgan fingerprint density at radius 3 is 1.55 bits per heavy atom. The zero-order valence-electron chi connectivity index (χ0n) is 19.1. The van der Waals surface area contributed by atoms with Crippen molar-refractivity contribution in [3.63, 3.8) is 0 Å². The van der Waals surface area contributed by atoms with Crippen LogP contribution in [-0.4, -0.2) is 36.9 Å². The maximum atomic E-state index is 13.1. The Kier molecular flexibility index (Phi) is 6.53. The molecule has 0 aliphatic heterocycles. The third kappa shape index (κ3) is 6.98. The summed E-state index contributed by atoms with van der Waals surface area (Å²) in [5.74, 6) is 0.873. The summed E-state index contributed by atoms with van der Waals surface area (Å²) in [6.45, 7) is 11.7. The van der Waals surface area contributed by atoms with E-state index < -0.39 is 0 Å².